The number of sulfone groups is 1. The number of nitrogens with zero attached hydrogens (tertiary/aromatic N) is 1. The molecule has 47 heavy (non-hydrogen) atoms. The largest absolute Gasteiger partial charge is 0.509 e. The van der Waals surface area contributed by atoms with Gasteiger partial charge in [-0.3, -0.25) is 13.8 Å². The second-order valence-electron chi connectivity index (χ2n) is 10.2. The van der Waals surface area contributed by atoms with Crippen LogP contribution in [0.25, 0.3) is 27.4 Å². The minimum absolute atomic E-state index is 0.0450. The minimum atomic E-state index is -4.38. The number of fused-ring (bicyclic) bond motifs is 2. The highest BCUT2D eigenvalue weighted by atomic mass is 32.2. The molecule has 0 saturated heterocycles. The Balaban J connectivity index is 0.000000431. The molecule has 3 aromatic carbocycles. The fourth-order valence-corrected chi connectivity index (χ4v) is 6.41. The Hall–Kier alpha value is -4.50. The van der Waals surface area contributed by atoms with Crippen molar-refractivity contribution in [2.75, 3.05) is 31.0 Å². The van der Waals surface area contributed by atoms with Crippen molar-refractivity contribution in [3.05, 3.63) is 96.9 Å². The molecule has 0 amide bonds. The van der Waals surface area contributed by atoms with Gasteiger partial charge in [0.25, 0.3) is 15.7 Å². The number of nitrogens with one attached hydrogen (secondary N) is 1. The average Bonchev–Trinajstić information content (AvgIpc) is 3.04. The molecule has 0 aromatic heterocycles. The zero-order valence-electron chi connectivity index (χ0n) is 26.5. The molecule has 0 unspecified atom stereocenters. The number of hydrogen-bond donors (Lipinski definition) is 3. The lowest BCUT2D eigenvalue weighted by Crippen LogP contribution is -2.34. The van der Waals surface area contributed by atoms with E-state index in [0.717, 1.165) is 7.11 Å². The zero-order valence-corrected chi connectivity index (χ0v) is 28.2. The quantitative estimate of drug-likeness (QED) is 0.192. The molecule has 2 aliphatic rings. The Labute approximate surface area is 271 Å². The molecule has 250 valence electrons. The molecule has 5 rings (SSSR count). The van der Waals surface area contributed by atoms with Crippen LogP contribution in [0.4, 0.5) is 11.4 Å². The summed E-state index contributed by atoms with van der Waals surface area (Å²) < 4.78 is 51.5. The van der Waals surface area contributed by atoms with E-state index in [1.807, 2.05) is 13.8 Å². The number of benzene rings is 3. The lowest BCUT2D eigenvalue weighted by Gasteiger charge is -2.15. The van der Waals surface area contributed by atoms with Gasteiger partial charge in [0.15, 0.2) is 5.43 Å². The molecule has 0 fully saturated rings. The first-order valence-electron chi connectivity index (χ1n) is 14.5. The van der Waals surface area contributed by atoms with Crippen LogP contribution in [-0.4, -0.2) is 63.5 Å². The summed E-state index contributed by atoms with van der Waals surface area (Å²) in [5.74, 6) is -0.484. The number of Topliss-reactive ketones (excluding diaryl/α,β-unsaturated/α-hetero) is 1. The van der Waals surface area contributed by atoms with Crippen LogP contribution in [0, 0.1) is 10.4 Å². The van der Waals surface area contributed by atoms with Crippen LogP contribution in [0.1, 0.15) is 33.6 Å². The van der Waals surface area contributed by atoms with Crippen molar-refractivity contribution in [1.29, 1.82) is 0 Å². The highest BCUT2D eigenvalue weighted by molar-refractivity contribution is 7.90. The topological polar surface area (TPSA) is 194 Å². The van der Waals surface area contributed by atoms with E-state index < -0.39 is 48.2 Å². The van der Waals surface area contributed by atoms with Crippen LogP contribution >= 0.6 is 0 Å². The van der Waals surface area contributed by atoms with Gasteiger partial charge >= 0.3 is 0 Å². The summed E-state index contributed by atoms with van der Waals surface area (Å²) in [5, 5.41) is 23.6. The van der Waals surface area contributed by atoms with Gasteiger partial charge in [-0.1, -0.05) is 56.3 Å². The highest BCUT2D eigenvalue weighted by Crippen LogP contribution is 2.32. The van der Waals surface area contributed by atoms with E-state index >= 15 is 0 Å². The molecular formula is C33H36N2O10S2. The average molecular weight is 685 g/mol. The van der Waals surface area contributed by atoms with Gasteiger partial charge in [-0.05, 0) is 36.9 Å². The molecule has 1 aliphatic heterocycles. The number of carbonyl (C=O) groups excluding carboxylic acids is 1. The Morgan fingerprint density at radius 2 is 1.53 bits per heavy atom. The molecule has 0 saturated carbocycles. The molecule has 1 aliphatic carbocycles. The maximum absolute atomic E-state index is 13.7. The van der Waals surface area contributed by atoms with Crippen LogP contribution in [0.3, 0.4) is 0 Å². The van der Waals surface area contributed by atoms with Crippen LogP contribution in [0.5, 0.6) is 0 Å². The fraction of sp³-hybridized carbons (Fsp3) is 0.273. The Morgan fingerprint density at radius 3 is 2.09 bits per heavy atom. The van der Waals surface area contributed by atoms with E-state index in [4.69, 9.17) is 4.18 Å². The monoisotopic (exact) mass is 684 g/mol. The molecule has 0 radical (unpaired) electrons. The lowest BCUT2D eigenvalue weighted by molar-refractivity contribution is -0.117. The zero-order chi connectivity index (χ0) is 35.1. The fourth-order valence-electron chi connectivity index (χ4n) is 4.92. The molecule has 14 heteroatoms. The molecule has 12 nitrogen and oxygen atoms in total. The maximum atomic E-state index is 13.7. The normalized spacial score (nSPS) is 12.2. The maximum Gasteiger partial charge on any atom is 0.298 e. The van der Waals surface area contributed by atoms with E-state index in [2.05, 4.69) is 10.3 Å². The summed E-state index contributed by atoms with van der Waals surface area (Å²) >= 11 is 0. The van der Waals surface area contributed by atoms with Gasteiger partial charge in [0.05, 0.1) is 34.7 Å². The van der Waals surface area contributed by atoms with E-state index in [1.54, 1.807) is 54.6 Å². The van der Waals surface area contributed by atoms with Gasteiger partial charge < -0.3 is 20.3 Å². The first-order chi connectivity index (χ1) is 22.2. The van der Waals surface area contributed by atoms with E-state index in [1.165, 1.54) is 19.2 Å². The summed E-state index contributed by atoms with van der Waals surface area (Å²) in [5.41, 5.74) is -0.915. The standard InChI is InChI=1S/C25H18N2O7S.C6H12O3S.C2H6/c1-34-35(32,33)18-11-16(26-13-7-3-2-4-8-13)20-22-19(14-9-5-6-10-15(14)24(20)30)21(17(29)12-28)25(31)27-23(18)22;1-6(7)4-3-5-10(2,8)9;1-2/h2-11,26,28-29H,12H2,1H3;3-5H2,1-2H3;1-2H3. The van der Waals surface area contributed by atoms with Crippen LogP contribution < -0.4 is 21.5 Å². The van der Waals surface area contributed by atoms with E-state index in [0.29, 0.717) is 23.9 Å². The Kier molecular flexibility index (Phi) is 12.1. The number of hydrogen-bond acceptors (Lipinski definition) is 12. The number of carbonyl (C=O) groups is 1. The molecule has 1 heterocycles. The van der Waals surface area contributed by atoms with Gasteiger partial charge in [-0.2, -0.15) is 8.42 Å². The minimum Gasteiger partial charge on any atom is -0.509 e. The summed E-state index contributed by atoms with van der Waals surface area (Å²) in [6.45, 7) is 4.61. The van der Waals surface area contributed by atoms with Gasteiger partial charge in [0.2, 0.25) is 0 Å². The summed E-state index contributed by atoms with van der Waals surface area (Å²) in [7, 11) is -6.27. The predicted molar refractivity (Wildman–Crippen MR) is 182 cm³/mol. The predicted octanol–water partition coefficient (Wildman–Crippen LogP) is 3.15. The second kappa shape index (κ2) is 15.4. The summed E-state index contributed by atoms with van der Waals surface area (Å²) in [6, 6.07) is 16.5. The van der Waals surface area contributed by atoms with Gasteiger partial charge in [0.1, 0.15) is 32.9 Å². The van der Waals surface area contributed by atoms with Crippen molar-refractivity contribution in [3.8, 4) is 0 Å². The SMILES string of the molecule is CC.CC(=O)CCCS(C)(=O)=O.COS(=O)(=O)c1cc(Nc2ccccc2)c2c3c1nc(=O)c(=C(O)CO)c=3c1ccccc1c2=O. The van der Waals surface area contributed by atoms with Crippen molar-refractivity contribution < 1.29 is 36.0 Å². The number of anilines is 2. The van der Waals surface area contributed by atoms with Gasteiger partial charge in [-0.15, -0.1) is 0 Å². The van der Waals surface area contributed by atoms with Gasteiger partial charge in [0, 0.05) is 34.2 Å². The van der Waals surface area contributed by atoms with Crippen molar-refractivity contribution in [3.63, 3.8) is 0 Å². The van der Waals surface area contributed by atoms with Crippen LogP contribution in [-0.2, 0) is 28.9 Å². The Morgan fingerprint density at radius 1 is 0.936 bits per heavy atom. The highest BCUT2D eigenvalue weighted by Gasteiger charge is 2.26. The number of para-hydroxylation sites is 1. The smallest absolute Gasteiger partial charge is 0.298 e. The van der Waals surface area contributed by atoms with Crippen molar-refractivity contribution in [1.82, 2.24) is 4.98 Å². The number of aliphatic hydroxyl groups is 2. The molecular weight excluding hydrogens is 649 g/mol. The van der Waals surface area contributed by atoms with E-state index in [-0.39, 0.29) is 49.2 Å². The lowest BCUT2D eigenvalue weighted by atomic mass is 9.97. The van der Waals surface area contributed by atoms with Crippen molar-refractivity contribution in [2.24, 2.45) is 0 Å². The van der Waals surface area contributed by atoms with Gasteiger partial charge in [-0.25, -0.2) is 13.4 Å². The molecule has 0 atom stereocenters. The third-order valence-corrected chi connectivity index (χ3v) is 9.20. The van der Waals surface area contributed by atoms with Crippen LogP contribution in [0.15, 0.2) is 75.1 Å². The first kappa shape index (κ1) is 37.0. The number of aromatic nitrogens is 1. The second-order valence-corrected chi connectivity index (χ2v) is 14.2. The third-order valence-electron chi connectivity index (χ3n) is 6.88. The van der Waals surface area contributed by atoms with Crippen molar-refractivity contribution >= 4 is 64.5 Å². The third kappa shape index (κ3) is 8.27. The number of aliphatic hydroxyl groups excluding tert-OH is 2. The van der Waals surface area contributed by atoms with Crippen LogP contribution in [0.2, 0.25) is 0 Å². The summed E-state index contributed by atoms with van der Waals surface area (Å²) in [4.78, 5) is 40.6. The Bertz CT molecular complexity index is 2370. The molecule has 0 spiro atoms. The molecule has 0 bridgehead atoms. The number of rotatable bonds is 9. The first-order valence-corrected chi connectivity index (χ1v) is 18.0. The molecule has 3 N–H and O–H groups in total. The summed E-state index contributed by atoms with van der Waals surface area (Å²) in [6.07, 6.45) is 1.99. The van der Waals surface area contributed by atoms with Crippen molar-refractivity contribution in [2.45, 2.75) is 38.5 Å². The molecule has 3 aromatic rings. The number of ketones is 1. The van der Waals surface area contributed by atoms with E-state index in [9.17, 15) is 41.4 Å².